The Morgan fingerprint density at radius 1 is 0.333 bits per heavy atom. The number of anilines is 1. The van der Waals surface area contributed by atoms with Crippen LogP contribution in [-0.2, 0) is 0 Å². The molecule has 0 saturated carbocycles. The standard InChI is InChI=1S/C44H51N/c1-32(36-14-8-5-9-15-36)28-33(2)38-20-22-39(23-21-38)35(4)30-42(40-18-12-7-13-19-40)31-43(41-24-26-44(45)27-25-41)29-34(3)37-16-10-6-11-17-37/h5-27,32-35,42-43H,28-31,45H2,1-4H3. The third-order valence-corrected chi connectivity index (χ3v) is 10.0. The van der Waals surface area contributed by atoms with E-state index >= 15 is 0 Å². The zero-order valence-electron chi connectivity index (χ0n) is 27.6. The van der Waals surface area contributed by atoms with Crippen LogP contribution in [0.4, 0.5) is 5.69 Å². The molecule has 0 bridgehead atoms. The Kier molecular flexibility index (Phi) is 11.3. The van der Waals surface area contributed by atoms with Crippen molar-refractivity contribution in [3.8, 4) is 0 Å². The molecule has 6 atom stereocenters. The molecule has 0 aromatic heterocycles. The topological polar surface area (TPSA) is 26.0 Å². The van der Waals surface area contributed by atoms with E-state index in [1.165, 1.54) is 33.4 Å². The fraction of sp³-hybridized carbons (Fsp3) is 0.318. The average molecular weight is 594 g/mol. The summed E-state index contributed by atoms with van der Waals surface area (Å²) in [4.78, 5) is 0. The monoisotopic (exact) mass is 593 g/mol. The van der Waals surface area contributed by atoms with Gasteiger partial charge in [0.2, 0.25) is 0 Å². The average Bonchev–Trinajstić information content (AvgIpc) is 3.09. The molecule has 0 aliphatic rings. The molecule has 2 N–H and O–H groups in total. The van der Waals surface area contributed by atoms with Crippen molar-refractivity contribution in [3.05, 3.63) is 173 Å². The Bertz CT molecular complexity index is 1540. The number of hydrogen-bond acceptors (Lipinski definition) is 1. The van der Waals surface area contributed by atoms with Crippen LogP contribution in [0, 0.1) is 0 Å². The van der Waals surface area contributed by atoms with Crippen molar-refractivity contribution in [2.45, 2.75) is 88.9 Å². The first-order valence-corrected chi connectivity index (χ1v) is 17.0. The summed E-state index contributed by atoms with van der Waals surface area (Å²) in [7, 11) is 0. The van der Waals surface area contributed by atoms with Crippen LogP contribution in [0.3, 0.4) is 0 Å². The van der Waals surface area contributed by atoms with E-state index in [-0.39, 0.29) is 0 Å². The van der Waals surface area contributed by atoms with Gasteiger partial charge in [-0.15, -0.1) is 0 Å². The zero-order valence-corrected chi connectivity index (χ0v) is 27.6. The molecule has 0 amide bonds. The van der Waals surface area contributed by atoms with E-state index in [2.05, 4.69) is 167 Å². The molecule has 0 aliphatic heterocycles. The first-order valence-electron chi connectivity index (χ1n) is 17.0. The van der Waals surface area contributed by atoms with Crippen LogP contribution in [0.2, 0.25) is 0 Å². The quantitative estimate of drug-likeness (QED) is 0.127. The summed E-state index contributed by atoms with van der Waals surface area (Å²) < 4.78 is 0. The van der Waals surface area contributed by atoms with E-state index in [1.807, 2.05) is 0 Å². The molecule has 1 heteroatoms. The summed E-state index contributed by atoms with van der Waals surface area (Å²) in [6, 6.07) is 51.3. The van der Waals surface area contributed by atoms with Crippen molar-refractivity contribution in [3.63, 3.8) is 0 Å². The SMILES string of the molecule is CC(CC(C)c1ccc(C(C)CC(CC(CC(C)c2ccccc2)c2ccc(N)cc2)c2ccccc2)cc1)c1ccccc1. The maximum absolute atomic E-state index is 6.12. The second-order valence-electron chi connectivity index (χ2n) is 13.5. The van der Waals surface area contributed by atoms with Crippen LogP contribution in [0.15, 0.2) is 140 Å². The lowest BCUT2D eigenvalue weighted by molar-refractivity contribution is 0.440. The Morgan fingerprint density at radius 3 is 1.02 bits per heavy atom. The van der Waals surface area contributed by atoms with Crippen molar-refractivity contribution in [1.29, 1.82) is 0 Å². The smallest absolute Gasteiger partial charge is 0.0314 e. The molecule has 0 spiro atoms. The molecule has 6 unspecified atom stereocenters. The normalized spacial score (nSPS) is 15.5. The summed E-state index contributed by atoms with van der Waals surface area (Å²) in [5.74, 6) is 2.90. The summed E-state index contributed by atoms with van der Waals surface area (Å²) in [6.45, 7) is 9.51. The van der Waals surface area contributed by atoms with Crippen molar-refractivity contribution >= 4 is 5.69 Å². The number of nitrogens with two attached hydrogens (primary N) is 1. The van der Waals surface area contributed by atoms with Crippen LogP contribution < -0.4 is 5.73 Å². The second kappa shape index (κ2) is 15.8. The molecule has 0 fully saturated rings. The molecule has 232 valence electrons. The Labute approximate surface area is 272 Å². The Balaban J connectivity index is 1.33. The predicted molar refractivity (Wildman–Crippen MR) is 194 cm³/mol. The van der Waals surface area contributed by atoms with Crippen molar-refractivity contribution in [2.24, 2.45) is 0 Å². The van der Waals surface area contributed by atoms with Crippen LogP contribution in [0.5, 0.6) is 0 Å². The van der Waals surface area contributed by atoms with Gasteiger partial charge in [0.05, 0.1) is 0 Å². The van der Waals surface area contributed by atoms with Crippen molar-refractivity contribution in [1.82, 2.24) is 0 Å². The molecule has 45 heavy (non-hydrogen) atoms. The number of benzene rings is 5. The van der Waals surface area contributed by atoms with Crippen LogP contribution >= 0.6 is 0 Å². The van der Waals surface area contributed by atoms with E-state index in [0.717, 1.165) is 31.4 Å². The lowest BCUT2D eigenvalue weighted by Gasteiger charge is -2.29. The minimum Gasteiger partial charge on any atom is -0.399 e. The molecule has 0 heterocycles. The van der Waals surface area contributed by atoms with Gasteiger partial charge in [0.25, 0.3) is 0 Å². The molecule has 5 aromatic rings. The number of nitrogen functional groups attached to an aromatic ring is 1. The highest BCUT2D eigenvalue weighted by Gasteiger charge is 2.25. The van der Waals surface area contributed by atoms with Gasteiger partial charge in [-0.1, -0.05) is 155 Å². The van der Waals surface area contributed by atoms with Crippen LogP contribution in [0.25, 0.3) is 0 Å². The molecule has 1 nitrogen and oxygen atoms in total. The highest BCUT2D eigenvalue weighted by atomic mass is 14.5. The predicted octanol–water partition coefficient (Wildman–Crippen LogP) is 12.2. The van der Waals surface area contributed by atoms with Gasteiger partial charge in [0.1, 0.15) is 0 Å². The van der Waals surface area contributed by atoms with E-state index in [0.29, 0.717) is 35.5 Å². The van der Waals surface area contributed by atoms with Gasteiger partial charge >= 0.3 is 0 Å². The summed E-state index contributed by atoms with van der Waals surface area (Å²) in [6.07, 6.45) is 4.50. The summed E-state index contributed by atoms with van der Waals surface area (Å²) >= 11 is 0. The number of hydrogen-bond donors (Lipinski definition) is 1. The highest BCUT2D eigenvalue weighted by Crippen LogP contribution is 2.41. The Hall–Kier alpha value is -4.10. The van der Waals surface area contributed by atoms with Gasteiger partial charge < -0.3 is 5.73 Å². The van der Waals surface area contributed by atoms with Gasteiger partial charge in [-0.05, 0) is 107 Å². The molecule has 0 saturated heterocycles. The minimum atomic E-state index is 0.438. The van der Waals surface area contributed by atoms with Gasteiger partial charge in [-0.25, -0.2) is 0 Å². The van der Waals surface area contributed by atoms with E-state index in [4.69, 9.17) is 5.73 Å². The van der Waals surface area contributed by atoms with Gasteiger partial charge in [-0.3, -0.25) is 0 Å². The third kappa shape index (κ3) is 8.98. The van der Waals surface area contributed by atoms with Crippen molar-refractivity contribution in [2.75, 3.05) is 5.73 Å². The minimum absolute atomic E-state index is 0.438. The highest BCUT2D eigenvalue weighted by molar-refractivity contribution is 5.41. The van der Waals surface area contributed by atoms with Gasteiger partial charge in [0, 0.05) is 5.69 Å². The van der Waals surface area contributed by atoms with E-state index in [9.17, 15) is 0 Å². The molecular formula is C44H51N. The van der Waals surface area contributed by atoms with Gasteiger partial charge in [-0.2, -0.15) is 0 Å². The van der Waals surface area contributed by atoms with Crippen LogP contribution in [-0.4, -0.2) is 0 Å². The fourth-order valence-corrected chi connectivity index (χ4v) is 7.22. The molecule has 5 aromatic carbocycles. The second-order valence-corrected chi connectivity index (χ2v) is 13.5. The zero-order chi connectivity index (χ0) is 31.6. The number of rotatable bonds is 14. The molecule has 0 aliphatic carbocycles. The van der Waals surface area contributed by atoms with E-state index in [1.54, 1.807) is 0 Å². The molecule has 5 rings (SSSR count). The maximum atomic E-state index is 6.12. The summed E-state index contributed by atoms with van der Waals surface area (Å²) in [5.41, 5.74) is 15.5. The molecule has 0 radical (unpaired) electrons. The maximum Gasteiger partial charge on any atom is 0.0314 e. The first-order chi connectivity index (χ1) is 21.9. The third-order valence-electron chi connectivity index (χ3n) is 10.0. The summed E-state index contributed by atoms with van der Waals surface area (Å²) in [5, 5.41) is 0. The fourth-order valence-electron chi connectivity index (χ4n) is 7.22. The molecular weight excluding hydrogens is 542 g/mol. The van der Waals surface area contributed by atoms with Crippen LogP contribution in [0.1, 0.15) is 122 Å². The van der Waals surface area contributed by atoms with Gasteiger partial charge in [0.15, 0.2) is 0 Å². The first kappa shape index (κ1) is 32.3. The van der Waals surface area contributed by atoms with Crippen molar-refractivity contribution < 1.29 is 0 Å². The van der Waals surface area contributed by atoms with E-state index < -0.39 is 0 Å². The lowest BCUT2D eigenvalue weighted by atomic mass is 9.76. The Morgan fingerprint density at radius 2 is 0.622 bits per heavy atom. The lowest BCUT2D eigenvalue weighted by Crippen LogP contribution is -2.12. The largest absolute Gasteiger partial charge is 0.399 e.